The molecule has 1 aliphatic heterocycles. The maximum atomic E-state index is 6.16. The highest BCUT2D eigenvalue weighted by atomic mass is 79.9. The summed E-state index contributed by atoms with van der Waals surface area (Å²) in [7, 11) is 0. The van der Waals surface area contributed by atoms with Gasteiger partial charge in [0.2, 0.25) is 0 Å². The van der Waals surface area contributed by atoms with Gasteiger partial charge < -0.3 is 10.1 Å². The van der Waals surface area contributed by atoms with Gasteiger partial charge in [-0.25, -0.2) is 9.50 Å². The van der Waals surface area contributed by atoms with Crippen LogP contribution in [-0.2, 0) is 4.74 Å². The topological polar surface area (TPSA) is 51.5 Å². The summed E-state index contributed by atoms with van der Waals surface area (Å²) in [6.07, 6.45) is 1.63. The fourth-order valence-electron chi connectivity index (χ4n) is 1.84. The quantitative estimate of drug-likeness (QED) is 0.815. The summed E-state index contributed by atoms with van der Waals surface area (Å²) in [5.41, 5.74) is 1.54. The van der Waals surface area contributed by atoms with Crippen molar-refractivity contribution in [2.24, 2.45) is 0 Å². The zero-order valence-corrected chi connectivity index (χ0v) is 11.2. The Hall–Kier alpha value is -0.690. The Kier molecular flexibility index (Phi) is 3.04. The number of nitrogens with one attached hydrogen (secondary N) is 1. The average molecular weight is 318 g/mol. The minimum atomic E-state index is -0.0481. The molecule has 3 rings (SSSR count). The van der Waals surface area contributed by atoms with E-state index in [0.29, 0.717) is 17.4 Å². The molecular weight excluding hydrogens is 307 g/mol. The molecule has 0 radical (unpaired) electrons. The molecular formula is C10H10BrClN4O. The van der Waals surface area contributed by atoms with E-state index in [1.165, 1.54) is 0 Å². The van der Waals surface area contributed by atoms with Crippen LogP contribution in [0.1, 0.15) is 11.8 Å². The minimum absolute atomic E-state index is 0.0481. The van der Waals surface area contributed by atoms with Crippen LogP contribution in [0.2, 0.25) is 5.15 Å². The third kappa shape index (κ3) is 2.06. The molecule has 1 saturated heterocycles. The predicted molar refractivity (Wildman–Crippen MR) is 67.3 cm³/mol. The van der Waals surface area contributed by atoms with E-state index < -0.39 is 0 Å². The number of hydrogen-bond acceptors (Lipinski definition) is 4. The number of ether oxygens (including phenoxy) is 1. The second-order valence-electron chi connectivity index (χ2n) is 3.80. The smallest absolute Gasteiger partial charge is 0.171 e. The maximum absolute atomic E-state index is 6.16. The van der Waals surface area contributed by atoms with Crippen LogP contribution in [0.4, 0.5) is 0 Å². The number of nitrogens with zero attached hydrogens (tertiary/aromatic N) is 3. The van der Waals surface area contributed by atoms with Crippen molar-refractivity contribution in [3.8, 4) is 0 Å². The van der Waals surface area contributed by atoms with Gasteiger partial charge >= 0.3 is 0 Å². The Bertz CT molecular complexity index is 552. The third-order valence-corrected chi connectivity index (χ3v) is 3.49. The lowest BCUT2D eigenvalue weighted by molar-refractivity contribution is 0.0251. The van der Waals surface area contributed by atoms with Gasteiger partial charge in [-0.15, -0.1) is 0 Å². The van der Waals surface area contributed by atoms with Gasteiger partial charge in [0.05, 0.1) is 23.0 Å². The van der Waals surface area contributed by atoms with Crippen LogP contribution in [0.5, 0.6) is 0 Å². The van der Waals surface area contributed by atoms with Gasteiger partial charge in [-0.2, -0.15) is 5.10 Å². The number of morpholine rings is 1. The van der Waals surface area contributed by atoms with Crippen molar-refractivity contribution in [2.75, 3.05) is 19.7 Å². The molecule has 17 heavy (non-hydrogen) atoms. The zero-order chi connectivity index (χ0) is 11.8. The minimum Gasteiger partial charge on any atom is -0.369 e. The fraction of sp³-hybridized carbons (Fsp3) is 0.400. The molecule has 90 valence electrons. The Balaban J connectivity index is 2.07. The molecule has 0 amide bonds. The van der Waals surface area contributed by atoms with E-state index in [4.69, 9.17) is 16.3 Å². The van der Waals surface area contributed by atoms with E-state index >= 15 is 0 Å². The van der Waals surface area contributed by atoms with Crippen molar-refractivity contribution in [1.29, 1.82) is 0 Å². The summed E-state index contributed by atoms with van der Waals surface area (Å²) in [5.74, 6) is 0. The van der Waals surface area contributed by atoms with Crippen molar-refractivity contribution in [3.05, 3.63) is 27.6 Å². The average Bonchev–Trinajstić information content (AvgIpc) is 2.73. The predicted octanol–water partition coefficient (Wildman–Crippen LogP) is 1.81. The molecule has 2 aromatic rings. The Morgan fingerprint density at radius 3 is 3.24 bits per heavy atom. The first-order valence-electron chi connectivity index (χ1n) is 5.28. The number of aromatic nitrogens is 3. The van der Waals surface area contributed by atoms with Gasteiger partial charge in [0, 0.05) is 13.1 Å². The lowest BCUT2D eigenvalue weighted by Gasteiger charge is -2.23. The summed E-state index contributed by atoms with van der Waals surface area (Å²) in [4.78, 5) is 4.52. The fourth-order valence-corrected chi connectivity index (χ4v) is 2.42. The molecule has 1 unspecified atom stereocenters. The highest BCUT2D eigenvalue weighted by molar-refractivity contribution is 9.10. The Labute approximate surface area is 111 Å². The summed E-state index contributed by atoms with van der Waals surface area (Å²) in [6.45, 7) is 2.32. The van der Waals surface area contributed by atoms with Crippen molar-refractivity contribution in [1.82, 2.24) is 19.9 Å². The second-order valence-corrected chi connectivity index (χ2v) is 5.04. The van der Waals surface area contributed by atoms with Gasteiger partial charge in [-0.1, -0.05) is 11.6 Å². The van der Waals surface area contributed by atoms with E-state index in [2.05, 4.69) is 31.3 Å². The molecule has 7 heteroatoms. The van der Waals surface area contributed by atoms with Crippen LogP contribution in [0.15, 0.2) is 16.7 Å². The molecule has 3 heterocycles. The van der Waals surface area contributed by atoms with Crippen LogP contribution in [-0.4, -0.2) is 34.3 Å². The monoisotopic (exact) mass is 316 g/mol. The van der Waals surface area contributed by atoms with Crippen LogP contribution >= 0.6 is 27.5 Å². The first kappa shape index (κ1) is 11.4. The molecule has 5 nitrogen and oxygen atoms in total. The van der Waals surface area contributed by atoms with Crippen molar-refractivity contribution in [2.45, 2.75) is 6.10 Å². The number of hydrogen-bond donors (Lipinski definition) is 1. The molecule has 1 aliphatic rings. The normalized spacial score (nSPS) is 20.9. The summed E-state index contributed by atoms with van der Waals surface area (Å²) in [5, 5.41) is 7.92. The summed E-state index contributed by atoms with van der Waals surface area (Å²) < 4.78 is 8.07. The van der Waals surface area contributed by atoms with E-state index in [1.807, 2.05) is 0 Å². The maximum Gasteiger partial charge on any atom is 0.171 e. The molecule has 0 aromatic carbocycles. The molecule has 1 fully saturated rings. The van der Waals surface area contributed by atoms with Crippen LogP contribution in [0.3, 0.4) is 0 Å². The summed E-state index contributed by atoms with van der Waals surface area (Å²) in [6, 6.07) is 1.80. The molecule has 1 atom stereocenters. The SMILES string of the molecule is Clc1cc(C2CNCCO2)nc2c(Br)cnn12. The van der Waals surface area contributed by atoms with Crippen molar-refractivity contribution >= 4 is 33.2 Å². The number of fused-ring (bicyclic) bond motifs is 1. The lowest BCUT2D eigenvalue weighted by atomic mass is 10.2. The molecule has 0 bridgehead atoms. The van der Waals surface area contributed by atoms with Crippen LogP contribution in [0.25, 0.3) is 5.65 Å². The van der Waals surface area contributed by atoms with E-state index in [0.717, 1.165) is 23.3 Å². The van der Waals surface area contributed by atoms with Gasteiger partial charge in [0.25, 0.3) is 0 Å². The van der Waals surface area contributed by atoms with E-state index in [9.17, 15) is 0 Å². The largest absolute Gasteiger partial charge is 0.369 e. The standard InChI is InChI=1S/C10H10BrClN4O/c11-6-4-14-16-9(12)3-7(15-10(6)16)8-5-13-1-2-17-8/h3-4,8,13H,1-2,5H2. The van der Waals surface area contributed by atoms with Crippen molar-refractivity contribution in [3.63, 3.8) is 0 Å². The molecule has 0 spiro atoms. The third-order valence-electron chi connectivity index (χ3n) is 2.66. The van der Waals surface area contributed by atoms with Crippen LogP contribution < -0.4 is 5.32 Å². The highest BCUT2D eigenvalue weighted by Crippen LogP contribution is 2.24. The first-order valence-corrected chi connectivity index (χ1v) is 6.45. The van der Waals surface area contributed by atoms with Gasteiger partial charge in [0.15, 0.2) is 5.65 Å². The molecule has 2 aromatic heterocycles. The van der Waals surface area contributed by atoms with Gasteiger partial charge in [-0.05, 0) is 22.0 Å². The number of rotatable bonds is 1. The zero-order valence-electron chi connectivity index (χ0n) is 8.86. The van der Waals surface area contributed by atoms with Gasteiger partial charge in [0.1, 0.15) is 11.3 Å². The molecule has 1 N–H and O–H groups in total. The highest BCUT2D eigenvalue weighted by Gasteiger charge is 2.19. The Morgan fingerprint density at radius 1 is 1.59 bits per heavy atom. The van der Waals surface area contributed by atoms with Gasteiger partial charge in [-0.3, -0.25) is 0 Å². The van der Waals surface area contributed by atoms with E-state index in [1.54, 1.807) is 16.8 Å². The van der Waals surface area contributed by atoms with E-state index in [-0.39, 0.29) is 6.10 Å². The first-order chi connectivity index (χ1) is 8.25. The summed E-state index contributed by atoms with van der Waals surface area (Å²) >= 11 is 9.56. The molecule has 0 saturated carbocycles. The molecule has 0 aliphatic carbocycles. The number of halogens is 2. The van der Waals surface area contributed by atoms with Crippen LogP contribution in [0, 0.1) is 0 Å². The Morgan fingerprint density at radius 2 is 2.47 bits per heavy atom. The lowest BCUT2D eigenvalue weighted by Crippen LogP contribution is -2.33. The van der Waals surface area contributed by atoms with Crippen molar-refractivity contribution < 1.29 is 4.74 Å². The second kappa shape index (κ2) is 4.53.